The minimum atomic E-state index is -4.78. The zero-order chi connectivity index (χ0) is 18.0. The molecule has 128 valence electrons. The Bertz CT molecular complexity index is 919. The third kappa shape index (κ3) is 3.85. The molecule has 0 amide bonds. The number of Topliss-reactive ketones (excluding diaryl/α,β-unsaturated/α-hetero) is 1. The van der Waals surface area contributed by atoms with E-state index < -0.39 is 6.36 Å². The molecule has 0 saturated carbocycles. The number of rotatable bonds is 4. The van der Waals surface area contributed by atoms with Gasteiger partial charge in [0.05, 0.1) is 0 Å². The molecule has 8 heteroatoms. The van der Waals surface area contributed by atoms with Crippen LogP contribution in [0.1, 0.15) is 17.5 Å². The molecule has 1 heterocycles. The topological polar surface area (TPSA) is 67.9 Å². The highest BCUT2D eigenvalue weighted by Crippen LogP contribution is 2.34. The molecule has 5 nitrogen and oxygen atoms in total. The van der Waals surface area contributed by atoms with Crippen LogP contribution in [0.5, 0.6) is 5.75 Å². The average Bonchev–Trinajstić information content (AvgIpc) is 3.04. The number of H-pyrrole nitrogens is 1. The second kappa shape index (κ2) is 6.39. The van der Waals surface area contributed by atoms with Gasteiger partial charge in [-0.3, -0.25) is 9.89 Å². The van der Waals surface area contributed by atoms with Gasteiger partial charge >= 0.3 is 6.36 Å². The third-order valence-electron chi connectivity index (χ3n) is 3.36. The number of benzene rings is 2. The molecule has 0 atom stereocenters. The van der Waals surface area contributed by atoms with Gasteiger partial charge in [0.1, 0.15) is 5.75 Å². The number of alkyl halides is 3. The number of ether oxygens (including phenoxy) is 1. The summed E-state index contributed by atoms with van der Waals surface area (Å²) in [5.74, 6) is -0.173. The average molecular weight is 347 g/mol. The Kier molecular flexibility index (Phi) is 4.26. The van der Waals surface area contributed by atoms with Crippen molar-refractivity contribution in [3.05, 3.63) is 54.4 Å². The Morgan fingerprint density at radius 3 is 2.48 bits per heavy atom. The largest absolute Gasteiger partial charge is 0.573 e. The number of halogens is 3. The van der Waals surface area contributed by atoms with Crippen molar-refractivity contribution in [1.82, 2.24) is 15.2 Å². The van der Waals surface area contributed by atoms with Gasteiger partial charge in [-0.15, -0.1) is 13.2 Å². The van der Waals surface area contributed by atoms with Crippen LogP contribution in [0.4, 0.5) is 13.2 Å². The van der Waals surface area contributed by atoms with E-state index in [1.807, 2.05) is 0 Å². The van der Waals surface area contributed by atoms with Gasteiger partial charge in [0, 0.05) is 18.1 Å². The van der Waals surface area contributed by atoms with Gasteiger partial charge in [-0.05, 0) is 17.7 Å². The molecule has 0 radical (unpaired) electrons. The normalized spacial score (nSPS) is 11.4. The van der Waals surface area contributed by atoms with Crippen molar-refractivity contribution in [3.8, 4) is 28.3 Å². The second-order valence-electron chi connectivity index (χ2n) is 5.19. The molecule has 0 spiro atoms. The Hall–Kier alpha value is -3.16. The van der Waals surface area contributed by atoms with Crippen molar-refractivity contribution in [3.63, 3.8) is 0 Å². The summed E-state index contributed by atoms with van der Waals surface area (Å²) in [6, 6.07) is 12.5. The van der Waals surface area contributed by atoms with Crippen LogP contribution in [0.2, 0.25) is 0 Å². The van der Waals surface area contributed by atoms with E-state index >= 15 is 0 Å². The fraction of sp³-hybridized carbons (Fsp3) is 0.118. The van der Waals surface area contributed by atoms with E-state index in [1.54, 1.807) is 30.3 Å². The van der Waals surface area contributed by atoms with E-state index in [0.29, 0.717) is 11.1 Å². The molecule has 0 saturated heterocycles. The molecule has 25 heavy (non-hydrogen) atoms. The SMILES string of the molecule is CC(=O)c1nc(-c2cccc(-c3ccccc3OC(F)(F)F)c2)n[nH]1. The highest BCUT2D eigenvalue weighted by Gasteiger charge is 2.32. The molecular weight excluding hydrogens is 335 g/mol. The highest BCUT2D eigenvalue weighted by molar-refractivity contribution is 5.90. The summed E-state index contributed by atoms with van der Waals surface area (Å²) in [5.41, 5.74) is 1.35. The Morgan fingerprint density at radius 2 is 1.80 bits per heavy atom. The smallest absolute Gasteiger partial charge is 0.405 e. The number of carbonyl (C=O) groups is 1. The number of hydrogen-bond donors (Lipinski definition) is 1. The predicted molar refractivity (Wildman–Crippen MR) is 83.9 cm³/mol. The summed E-state index contributed by atoms with van der Waals surface area (Å²) in [6.45, 7) is 1.35. The minimum absolute atomic E-state index is 0.112. The zero-order valence-corrected chi connectivity index (χ0v) is 13.0. The lowest BCUT2D eigenvalue weighted by atomic mass is 10.0. The van der Waals surface area contributed by atoms with Gasteiger partial charge in [-0.1, -0.05) is 36.4 Å². The van der Waals surface area contributed by atoms with Crippen LogP contribution >= 0.6 is 0 Å². The molecule has 3 rings (SSSR count). The van der Waals surface area contributed by atoms with Crippen LogP contribution < -0.4 is 4.74 Å². The van der Waals surface area contributed by atoms with Crippen LogP contribution in [0.25, 0.3) is 22.5 Å². The van der Waals surface area contributed by atoms with E-state index in [1.165, 1.54) is 25.1 Å². The molecule has 3 aromatic rings. The maximum absolute atomic E-state index is 12.6. The van der Waals surface area contributed by atoms with E-state index in [2.05, 4.69) is 19.9 Å². The number of aromatic nitrogens is 3. The quantitative estimate of drug-likeness (QED) is 0.717. The first-order chi connectivity index (χ1) is 11.8. The van der Waals surface area contributed by atoms with E-state index in [-0.39, 0.29) is 28.7 Å². The summed E-state index contributed by atoms with van der Waals surface area (Å²) in [6.07, 6.45) is -4.78. The first kappa shape index (κ1) is 16.7. The Morgan fingerprint density at radius 1 is 1.08 bits per heavy atom. The van der Waals surface area contributed by atoms with E-state index in [4.69, 9.17) is 0 Å². The van der Waals surface area contributed by atoms with Gasteiger partial charge in [0.2, 0.25) is 0 Å². The van der Waals surface area contributed by atoms with Gasteiger partial charge < -0.3 is 4.74 Å². The number of nitrogens with one attached hydrogen (secondary N) is 1. The van der Waals surface area contributed by atoms with Crippen molar-refractivity contribution < 1.29 is 22.7 Å². The summed E-state index contributed by atoms with van der Waals surface area (Å²) in [4.78, 5) is 15.4. The zero-order valence-electron chi connectivity index (χ0n) is 13.0. The summed E-state index contributed by atoms with van der Waals surface area (Å²) < 4.78 is 41.8. The first-order valence-electron chi connectivity index (χ1n) is 7.22. The Labute approximate surface area is 140 Å². The lowest BCUT2D eigenvalue weighted by Crippen LogP contribution is -2.17. The molecule has 1 aromatic heterocycles. The number of nitrogens with zero attached hydrogens (tertiary/aromatic N) is 2. The predicted octanol–water partition coefficient (Wildman–Crippen LogP) is 4.24. The fourth-order valence-electron chi connectivity index (χ4n) is 2.29. The van der Waals surface area contributed by atoms with Crippen LogP contribution in [-0.4, -0.2) is 27.3 Å². The number of ketones is 1. The van der Waals surface area contributed by atoms with Crippen molar-refractivity contribution in [2.45, 2.75) is 13.3 Å². The lowest BCUT2D eigenvalue weighted by Gasteiger charge is -2.13. The number of para-hydroxylation sites is 1. The maximum atomic E-state index is 12.6. The van der Waals surface area contributed by atoms with Gasteiger partial charge in [-0.2, -0.15) is 5.10 Å². The minimum Gasteiger partial charge on any atom is -0.405 e. The summed E-state index contributed by atoms with van der Waals surface area (Å²) in [7, 11) is 0. The van der Waals surface area contributed by atoms with Crippen LogP contribution in [0, 0.1) is 0 Å². The second-order valence-corrected chi connectivity index (χ2v) is 5.19. The van der Waals surface area contributed by atoms with E-state index in [0.717, 1.165) is 0 Å². The monoisotopic (exact) mass is 347 g/mol. The molecule has 0 aliphatic heterocycles. The van der Waals surface area contributed by atoms with Gasteiger partial charge in [0.25, 0.3) is 0 Å². The van der Waals surface area contributed by atoms with E-state index in [9.17, 15) is 18.0 Å². The summed E-state index contributed by atoms with van der Waals surface area (Å²) >= 11 is 0. The lowest BCUT2D eigenvalue weighted by molar-refractivity contribution is -0.274. The Balaban J connectivity index is 2.01. The van der Waals surface area contributed by atoms with Crippen LogP contribution in [-0.2, 0) is 0 Å². The van der Waals surface area contributed by atoms with Crippen molar-refractivity contribution in [2.24, 2.45) is 0 Å². The number of hydrogen-bond acceptors (Lipinski definition) is 4. The molecule has 0 bridgehead atoms. The molecule has 0 unspecified atom stereocenters. The van der Waals surface area contributed by atoms with Gasteiger partial charge in [-0.25, -0.2) is 4.98 Å². The molecule has 1 N–H and O–H groups in total. The molecular formula is C17H12F3N3O2. The highest BCUT2D eigenvalue weighted by atomic mass is 19.4. The van der Waals surface area contributed by atoms with Crippen LogP contribution in [0.3, 0.4) is 0 Å². The first-order valence-corrected chi connectivity index (χ1v) is 7.22. The third-order valence-corrected chi connectivity index (χ3v) is 3.36. The summed E-state index contributed by atoms with van der Waals surface area (Å²) in [5, 5.41) is 6.48. The number of aromatic amines is 1. The van der Waals surface area contributed by atoms with Crippen molar-refractivity contribution >= 4 is 5.78 Å². The van der Waals surface area contributed by atoms with Gasteiger partial charge in [0.15, 0.2) is 17.4 Å². The number of carbonyl (C=O) groups excluding carboxylic acids is 1. The van der Waals surface area contributed by atoms with Crippen molar-refractivity contribution in [2.75, 3.05) is 0 Å². The maximum Gasteiger partial charge on any atom is 0.573 e. The molecule has 0 aliphatic carbocycles. The van der Waals surface area contributed by atoms with Crippen molar-refractivity contribution in [1.29, 1.82) is 0 Å². The van der Waals surface area contributed by atoms with Crippen LogP contribution in [0.15, 0.2) is 48.5 Å². The molecule has 0 fully saturated rings. The molecule has 2 aromatic carbocycles. The fourth-order valence-corrected chi connectivity index (χ4v) is 2.29. The molecule has 0 aliphatic rings. The standard InChI is InChI=1S/C17H12F3N3O2/c1-10(24)15-21-16(23-22-15)12-6-4-5-11(9-12)13-7-2-3-8-14(13)25-17(18,19)20/h2-9H,1H3,(H,21,22,23).